The van der Waals surface area contributed by atoms with Crippen LogP contribution in [0.1, 0.15) is 6.92 Å². The molecule has 0 aliphatic heterocycles. The third kappa shape index (κ3) is 6.25. The van der Waals surface area contributed by atoms with Gasteiger partial charge in [0.05, 0.1) is 26.0 Å². The van der Waals surface area contributed by atoms with E-state index >= 15 is 0 Å². The molecule has 1 N–H and O–H groups in total. The molecule has 0 aliphatic rings. The Morgan fingerprint density at radius 2 is 2.00 bits per heavy atom. The summed E-state index contributed by atoms with van der Waals surface area (Å²) >= 11 is 5.65. The zero-order chi connectivity index (χ0) is 5.86. The molecule has 7 heavy (non-hydrogen) atoms. The normalized spacial score (nSPS) is 15.0. The van der Waals surface area contributed by atoms with Crippen molar-refractivity contribution in [2.75, 3.05) is 20.6 Å². The molecule has 0 radical (unpaired) electrons. The molecule has 2 heteroatoms. The summed E-state index contributed by atoms with van der Waals surface area (Å²) in [6.07, 6.45) is 0. The molecule has 0 aromatic rings. The maximum absolute atomic E-state index is 5.65. The van der Waals surface area contributed by atoms with Crippen LogP contribution in [0.4, 0.5) is 0 Å². The second-order valence-electron chi connectivity index (χ2n) is 2.19. The number of hydrogen-bond donors (Lipinski definition) is 1. The molecular weight excluding hydrogens is 110 g/mol. The van der Waals surface area contributed by atoms with Crippen LogP contribution in [0.15, 0.2) is 0 Å². The summed E-state index contributed by atoms with van der Waals surface area (Å²) in [5.74, 6) is 0. The zero-order valence-corrected chi connectivity index (χ0v) is 5.92. The molecule has 0 bridgehead atoms. The average Bonchev–Trinajstić information content (AvgIpc) is 1.27. The quantitative estimate of drug-likeness (QED) is 0.483. The fourth-order valence-corrected chi connectivity index (χ4v) is 0.871. The maximum atomic E-state index is 5.65. The summed E-state index contributed by atoms with van der Waals surface area (Å²) in [6, 6.07) is 0. The summed E-state index contributed by atoms with van der Waals surface area (Å²) in [5, 5.41) is 0.310. The monoisotopic (exact) mass is 122 g/mol. The van der Waals surface area contributed by atoms with E-state index in [-0.39, 0.29) is 0 Å². The Balaban J connectivity index is 2.95. The van der Waals surface area contributed by atoms with Crippen molar-refractivity contribution in [3.63, 3.8) is 0 Å². The molecule has 0 rings (SSSR count). The second-order valence-corrected chi connectivity index (χ2v) is 2.94. The minimum absolute atomic E-state index is 0.310. The molecule has 0 amide bonds. The maximum Gasteiger partial charge on any atom is 0.0930 e. The minimum atomic E-state index is 0.310. The number of alkyl halides is 1. The van der Waals surface area contributed by atoms with Gasteiger partial charge in [0.2, 0.25) is 0 Å². The highest BCUT2D eigenvalue weighted by Crippen LogP contribution is 1.84. The number of rotatable bonds is 2. The summed E-state index contributed by atoms with van der Waals surface area (Å²) in [5.41, 5.74) is 0. The van der Waals surface area contributed by atoms with Gasteiger partial charge in [-0.1, -0.05) is 0 Å². The Labute approximate surface area is 50.3 Å². The lowest BCUT2D eigenvalue weighted by molar-refractivity contribution is -0.857. The number of nitrogens with one attached hydrogen (secondary N) is 1. The van der Waals surface area contributed by atoms with Crippen molar-refractivity contribution >= 4 is 11.6 Å². The van der Waals surface area contributed by atoms with Gasteiger partial charge in [0, 0.05) is 0 Å². The summed E-state index contributed by atoms with van der Waals surface area (Å²) in [4.78, 5) is 1.41. The Kier molecular flexibility index (Phi) is 3.39. The van der Waals surface area contributed by atoms with Crippen LogP contribution in [0.2, 0.25) is 0 Å². The molecule has 1 nitrogen and oxygen atoms in total. The van der Waals surface area contributed by atoms with E-state index in [2.05, 4.69) is 14.1 Å². The van der Waals surface area contributed by atoms with Gasteiger partial charge in [0.1, 0.15) is 0 Å². The van der Waals surface area contributed by atoms with Crippen LogP contribution >= 0.6 is 11.6 Å². The molecule has 0 aromatic heterocycles. The summed E-state index contributed by atoms with van der Waals surface area (Å²) < 4.78 is 0. The fourth-order valence-electron chi connectivity index (χ4n) is 0.563. The van der Waals surface area contributed by atoms with Crippen LogP contribution < -0.4 is 4.90 Å². The van der Waals surface area contributed by atoms with E-state index in [4.69, 9.17) is 11.6 Å². The molecule has 0 unspecified atom stereocenters. The van der Waals surface area contributed by atoms with Gasteiger partial charge in [-0.15, -0.1) is 11.6 Å². The second kappa shape index (κ2) is 3.28. The molecule has 0 fully saturated rings. The van der Waals surface area contributed by atoms with Crippen LogP contribution in [0, 0.1) is 0 Å². The first-order valence-electron chi connectivity index (χ1n) is 2.56. The van der Waals surface area contributed by atoms with Gasteiger partial charge >= 0.3 is 0 Å². The minimum Gasteiger partial charge on any atom is -0.339 e. The van der Waals surface area contributed by atoms with E-state index in [0.29, 0.717) is 5.38 Å². The van der Waals surface area contributed by atoms with E-state index in [0.717, 1.165) is 6.54 Å². The third-order valence-electron chi connectivity index (χ3n) is 0.690. The highest BCUT2D eigenvalue weighted by atomic mass is 35.5. The predicted molar refractivity (Wildman–Crippen MR) is 33.0 cm³/mol. The van der Waals surface area contributed by atoms with Gasteiger partial charge in [0.15, 0.2) is 0 Å². The molecule has 0 spiro atoms. The molecular formula is C5H13ClN+. The lowest BCUT2D eigenvalue weighted by Gasteiger charge is -2.06. The Bertz CT molecular complexity index is 37.3. The third-order valence-corrected chi connectivity index (χ3v) is 0.844. The van der Waals surface area contributed by atoms with Crippen LogP contribution in [0.25, 0.3) is 0 Å². The fraction of sp³-hybridized carbons (Fsp3) is 1.00. The molecule has 0 aromatic carbocycles. The molecule has 44 valence electrons. The lowest BCUT2D eigenvalue weighted by atomic mass is 10.4. The van der Waals surface area contributed by atoms with Crippen molar-refractivity contribution in [1.82, 2.24) is 0 Å². The van der Waals surface area contributed by atoms with Crippen LogP contribution in [0.3, 0.4) is 0 Å². The number of hydrogen-bond acceptors (Lipinski definition) is 0. The number of halogens is 1. The first-order chi connectivity index (χ1) is 3.13. The van der Waals surface area contributed by atoms with E-state index < -0.39 is 0 Å². The van der Waals surface area contributed by atoms with Crippen LogP contribution in [-0.4, -0.2) is 26.0 Å². The Morgan fingerprint density at radius 3 is 2.00 bits per heavy atom. The van der Waals surface area contributed by atoms with Crippen molar-refractivity contribution in [1.29, 1.82) is 0 Å². The van der Waals surface area contributed by atoms with Gasteiger partial charge in [-0.3, -0.25) is 0 Å². The molecule has 0 heterocycles. The van der Waals surface area contributed by atoms with Gasteiger partial charge in [0.25, 0.3) is 0 Å². The van der Waals surface area contributed by atoms with Crippen molar-refractivity contribution in [3.05, 3.63) is 0 Å². The standard InChI is InChI=1S/C5H12ClN/c1-5(6)4-7(2)3/h5H,4H2,1-3H3/p+1/t5-/m0/s1. The predicted octanol–water partition coefficient (Wildman–Crippen LogP) is -0.242. The first kappa shape index (κ1) is 7.25. The number of quaternary nitrogens is 1. The summed E-state index contributed by atoms with van der Waals surface area (Å²) in [6.45, 7) is 3.05. The lowest BCUT2D eigenvalue weighted by Crippen LogP contribution is -3.06. The van der Waals surface area contributed by atoms with Gasteiger partial charge in [-0.25, -0.2) is 0 Å². The first-order valence-corrected chi connectivity index (χ1v) is 2.99. The topological polar surface area (TPSA) is 4.44 Å². The molecule has 1 atom stereocenters. The van der Waals surface area contributed by atoms with Crippen molar-refractivity contribution < 1.29 is 4.90 Å². The molecule has 0 saturated carbocycles. The van der Waals surface area contributed by atoms with Gasteiger partial charge in [-0.2, -0.15) is 0 Å². The SMILES string of the molecule is C[C@H](Cl)C[NH+](C)C. The van der Waals surface area contributed by atoms with E-state index in [1.807, 2.05) is 6.92 Å². The van der Waals surface area contributed by atoms with Crippen LogP contribution in [-0.2, 0) is 0 Å². The van der Waals surface area contributed by atoms with Crippen LogP contribution in [0.5, 0.6) is 0 Å². The summed E-state index contributed by atoms with van der Waals surface area (Å²) in [7, 11) is 4.19. The smallest absolute Gasteiger partial charge is 0.0930 e. The average molecular weight is 123 g/mol. The van der Waals surface area contributed by atoms with E-state index in [1.165, 1.54) is 4.90 Å². The van der Waals surface area contributed by atoms with E-state index in [9.17, 15) is 0 Å². The Hall–Kier alpha value is 0.250. The highest BCUT2D eigenvalue weighted by Gasteiger charge is 1.98. The Morgan fingerprint density at radius 1 is 1.57 bits per heavy atom. The largest absolute Gasteiger partial charge is 0.339 e. The van der Waals surface area contributed by atoms with Crippen molar-refractivity contribution in [3.8, 4) is 0 Å². The molecule has 0 saturated heterocycles. The van der Waals surface area contributed by atoms with E-state index in [1.54, 1.807) is 0 Å². The van der Waals surface area contributed by atoms with Gasteiger partial charge in [-0.05, 0) is 6.92 Å². The van der Waals surface area contributed by atoms with Crippen molar-refractivity contribution in [2.45, 2.75) is 12.3 Å². The van der Waals surface area contributed by atoms with Crippen molar-refractivity contribution in [2.24, 2.45) is 0 Å². The zero-order valence-electron chi connectivity index (χ0n) is 5.16. The molecule has 0 aliphatic carbocycles. The highest BCUT2D eigenvalue weighted by molar-refractivity contribution is 6.20. The van der Waals surface area contributed by atoms with Gasteiger partial charge < -0.3 is 4.90 Å².